The van der Waals surface area contributed by atoms with Crippen LogP contribution in [0.5, 0.6) is 0 Å². The summed E-state index contributed by atoms with van der Waals surface area (Å²) in [6, 6.07) is 5.85. The normalized spacial score (nSPS) is 19.0. The van der Waals surface area contributed by atoms with Crippen LogP contribution in [-0.2, 0) is 9.53 Å². The Morgan fingerprint density at radius 2 is 1.83 bits per heavy atom. The van der Waals surface area contributed by atoms with Crippen molar-refractivity contribution in [2.75, 3.05) is 64.4 Å². The SMILES string of the molecule is COCCC(=O)N1CCC(CCCN2CCN(c3cccc(Cl)c3Cl)CC2)CC1. The molecule has 1 amide bonds. The minimum atomic E-state index is 0.239. The summed E-state index contributed by atoms with van der Waals surface area (Å²) in [7, 11) is 1.64. The Balaban J connectivity index is 1.31. The van der Waals surface area contributed by atoms with Gasteiger partial charge in [-0.05, 0) is 50.3 Å². The summed E-state index contributed by atoms with van der Waals surface area (Å²) >= 11 is 12.5. The van der Waals surface area contributed by atoms with Gasteiger partial charge in [0.15, 0.2) is 0 Å². The molecule has 7 heteroatoms. The summed E-state index contributed by atoms with van der Waals surface area (Å²) in [6.45, 7) is 7.60. The van der Waals surface area contributed by atoms with Crippen LogP contribution in [0.25, 0.3) is 0 Å². The van der Waals surface area contributed by atoms with Crippen LogP contribution in [-0.4, -0.2) is 75.2 Å². The third-order valence-corrected chi connectivity index (χ3v) is 7.03. The summed E-state index contributed by atoms with van der Waals surface area (Å²) in [5.74, 6) is 0.996. The first-order valence-electron chi connectivity index (χ1n) is 10.8. The number of likely N-dealkylation sites (tertiary alicyclic amines) is 1. The number of hydrogen-bond donors (Lipinski definition) is 0. The van der Waals surface area contributed by atoms with Gasteiger partial charge < -0.3 is 14.5 Å². The Bertz CT molecular complexity index is 657. The zero-order valence-corrected chi connectivity index (χ0v) is 18.9. The van der Waals surface area contributed by atoms with Crippen molar-refractivity contribution in [3.05, 3.63) is 28.2 Å². The molecule has 2 fully saturated rings. The van der Waals surface area contributed by atoms with Crippen molar-refractivity contribution in [1.82, 2.24) is 9.80 Å². The maximum absolute atomic E-state index is 12.1. The van der Waals surface area contributed by atoms with Crippen molar-refractivity contribution in [3.8, 4) is 0 Å². The van der Waals surface area contributed by atoms with Crippen LogP contribution in [0.4, 0.5) is 5.69 Å². The number of benzene rings is 1. The van der Waals surface area contributed by atoms with Crippen molar-refractivity contribution in [1.29, 1.82) is 0 Å². The van der Waals surface area contributed by atoms with Gasteiger partial charge in [0.05, 0.1) is 28.8 Å². The lowest BCUT2D eigenvalue weighted by Crippen LogP contribution is -2.46. The first-order chi connectivity index (χ1) is 14.1. The summed E-state index contributed by atoms with van der Waals surface area (Å²) in [5, 5.41) is 1.28. The van der Waals surface area contributed by atoms with Crippen LogP contribution in [0.3, 0.4) is 0 Å². The van der Waals surface area contributed by atoms with E-state index in [1.165, 1.54) is 12.8 Å². The van der Waals surface area contributed by atoms with Crippen LogP contribution in [0.2, 0.25) is 10.0 Å². The molecule has 0 atom stereocenters. The number of carbonyl (C=O) groups is 1. The first kappa shape index (κ1) is 22.7. The molecule has 0 spiro atoms. The maximum Gasteiger partial charge on any atom is 0.224 e. The fourth-order valence-corrected chi connectivity index (χ4v) is 4.79. The summed E-state index contributed by atoms with van der Waals surface area (Å²) in [6.07, 6.45) is 5.29. The molecule has 0 unspecified atom stereocenters. The van der Waals surface area contributed by atoms with Crippen LogP contribution < -0.4 is 4.90 Å². The zero-order chi connectivity index (χ0) is 20.6. The van der Waals surface area contributed by atoms with Crippen molar-refractivity contribution < 1.29 is 9.53 Å². The molecule has 2 aliphatic rings. The Hall–Kier alpha value is -1.01. The molecular weight excluding hydrogens is 409 g/mol. The van der Waals surface area contributed by atoms with Crippen LogP contribution in [0, 0.1) is 5.92 Å². The highest BCUT2D eigenvalue weighted by molar-refractivity contribution is 6.43. The van der Waals surface area contributed by atoms with Gasteiger partial charge >= 0.3 is 0 Å². The van der Waals surface area contributed by atoms with E-state index in [4.69, 9.17) is 27.9 Å². The van der Waals surface area contributed by atoms with E-state index in [1.807, 2.05) is 17.0 Å². The molecule has 0 saturated carbocycles. The van der Waals surface area contributed by atoms with Gasteiger partial charge in [0.2, 0.25) is 5.91 Å². The van der Waals surface area contributed by atoms with Crippen molar-refractivity contribution in [3.63, 3.8) is 0 Å². The molecule has 0 N–H and O–H groups in total. The molecule has 162 valence electrons. The fourth-order valence-electron chi connectivity index (χ4n) is 4.37. The average molecular weight is 442 g/mol. The zero-order valence-electron chi connectivity index (χ0n) is 17.4. The largest absolute Gasteiger partial charge is 0.384 e. The second-order valence-corrected chi connectivity index (χ2v) is 8.90. The second kappa shape index (κ2) is 11.4. The van der Waals surface area contributed by atoms with Crippen molar-refractivity contribution in [2.24, 2.45) is 5.92 Å². The van der Waals surface area contributed by atoms with Gasteiger partial charge in [0.1, 0.15) is 0 Å². The maximum atomic E-state index is 12.1. The highest BCUT2D eigenvalue weighted by Crippen LogP contribution is 2.33. The van der Waals surface area contributed by atoms with E-state index in [0.717, 1.165) is 70.3 Å². The van der Waals surface area contributed by atoms with Gasteiger partial charge in [-0.25, -0.2) is 0 Å². The van der Waals surface area contributed by atoms with Gasteiger partial charge in [-0.2, -0.15) is 0 Å². The predicted molar refractivity (Wildman–Crippen MR) is 120 cm³/mol. The topological polar surface area (TPSA) is 36.0 Å². The number of halogens is 2. The lowest BCUT2D eigenvalue weighted by Gasteiger charge is -2.37. The minimum absolute atomic E-state index is 0.239. The van der Waals surface area contributed by atoms with E-state index in [1.54, 1.807) is 7.11 Å². The number of piperidine rings is 1. The molecule has 0 radical (unpaired) electrons. The molecule has 1 aromatic rings. The van der Waals surface area contributed by atoms with E-state index in [-0.39, 0.29) is 5.91 Å². The predicted octanol–water partition coefficient (Wildman–Crippen LogP) is 4.17. The molecule has 0 bridgehead atoms. The van der Waals surface area contributed by atoms with E-state index >= 15 is 0 Å². The number of nitrogens with zero attached hydrogens (tertiary/aromatic N) is 3. The number of rotatable bonds is 8. The van der Waals surface area contributed by atoms with Crippen LogP contribution in [0.1, 0.15) is 32.1 Å². The molecule has 2 heterocycles. The average Bonchev–Trinajstić information content (AvgIpc) is 2.75. The number of piperazine rings is 1. The van der Waals surface area contributed by atoms with E-state index in [9.17, 15) is 4.79 Å². The Kier molecular flexibility index (Phi) is 8.91. The second-order valence-electron chi connectivity index (χ2n) is 8.11. The van der Waals surface area contributed by atoms with E-state index < -0.39 is 0 Å². The van der Waals surface area contributed by atoms with Gasteiger partial charge in [0.25, 0.3) is 0 Å². The van der Waals surface area contributed by atoms with E-state index in [0.29, 0.717) is 23.1 Å². The van der Waals surface area contributed by atoms with Crippen LogP contribution in [0.15, 0.2) is 18.2 Å². The van der Waals surface area contributed by atoms with Gasteiger partial charge in [-0.1, -0.05) is 29.3 Å². The quantitative estimate of drug-likeness (QED) is 0.606. The molecule has 3 rings (SSSR count). The summed E-state index contributed by atoms with van der Waals surface area (Å²) in [4.78, 5) is 19.0. The van der Waals surface area contributed by atoms with Crippen LogP contribution >= 0.6 is 23.2 Å². The number of amides is 1. The molecule has 2 saturated heterocycles. The number of hydrogen-bond acceptors (Lipinski definition) is 4. The lowest BCUT2D eigenvalue weighted by molar-refractivity contribution is -0.133. The van der Waals surface area contributed by atoms with Gasteiger partial charge in [-0.3, -0.25) is 9.69 Å². The number of methoxy groups -OCH3 is 1. The van der Waals surface area contributed by atoms with E-state index in [2.05, 4.69) is 15.9 Å². The Morgan fingerprint density at radius 1 is 1.10 bits per heavy atom. The third kappa shape index (κ3) is 6.48. The molecule has 5 nitrogen and oxygen atoms in total. The molecule has 1 aromatic carbocycles. The fraction of sp³-hybridized carbons (Fsp3) is 0.682. The Labute approximate surface area is 184 Å². The highest BCUT2D eigenvalue weighted by Gasteiger charge is 2.23. The molecular formula is C22H33Cl2N3O2. The molecule has 2 aliphatic heterocycles. The molecule has 29 heavy (non-hydrogen) atoms. The molecule has 0 aliphatic carbocycles. The summed E-state index contributed by atoms with van der Waals surface area (Å²) < 4.78 is 5.01. The number of anilines is 1. The van der Waals surface area contributed by atoms with Gasteiger partial charge in [-0.15, -0.1) is 0 Å². The van der Waals surface area contributed by atoms with Gasteiger partial charge in [0, 0.05) is 46.4 Å². The smallest absolute Gasteiger partial charge is 0.224 e. The highest BCUT2D eigenvalue weighted by atomic mass is 35.5. The lowest BCUT2D eigenvalue weighted by atomic mass is 9.92. The van der Waals surface area contributed by atoms with Crippen molar-refractivity contribution in [2.45, 2.75) is 32.1 Å². The Morgan fingerprint density at radius 3 is 2.52 bits per heavy atom. The first-order valence-corrected chi connectivity index (χ1v) is 11.5. The minimum Gasteiger partial charge on any atom is -0.384 e. The standard InChI is InChI=1S/C22H33Cl2N3O2/c1-29-17-9-21(28)27-11-7-18(8-12-27)4-3-10-25-13-15-26(16-14-25)20-6-2-5-19(23)22(20)24/h2,5-6,18H,3-4,7-17H2,1H3. The number of ether oxygens (including phenoxy) is 1. The van der Waals surface area contributed by atoms with Crippen molar-refractivity contribution >= 4 is 34.8 Å². The number of carbonyl (C=O) groups excluding carboxylic acids is 1. The third-order valence-electron chi connectivity index (χ3n) is 6.22. The molecule has 0 aromatic heterocycles. The monoisotopic (exact) mass is 441 g/mol. The summed E-state index contributed by atoms with van der Waals surface area (Å²) in [5.41, 5.74) is 1.05.